The Morgan fingerprint density at radius 3 is 2.35 bits per heavy atom. The van der Waals surface area contributed by atoms with Crippen LogP contribution < -0.4 is 9.73 Å². The Hall–Kier alpha value is -3.94. The minimum absolute atomic E-state index is 0.0613. The summed E-state index contributed by atoms with van der Waals surface area (Å²) >= 11 is 6.23. The number of halogens is 1. The third-order valence-corrected chi connectivity index (χ3v) is 7.74. The second-order valence-electron chi connectivity index (χ2n) is 8.57. The van der Waals surface area contributed by atoms with E-state index >= 15 is 0 Å². The largest absolute Gasteiger partial charge is 0.271 e. The zero-order valence-corrected chi connectivity index (χ0v) is 22.0. The van der Waals surface area contributed by atoms with Gasteiger partial charge >= 0.3 is 0 Å². The zero-order chi connectivity index (χ0) is 26.4. The molecule has 0 aromatic heterocycles. The fraction of sp³-hybridized carbons (Fsp3) is 0.103. The molecular weight excluding hydrogens is 506 g/mol. The summed E-state index contributed by atoms with van der Waals surface area (Å²) in [7, 11) is -3.88. The lowest BCUT2D eigenvalue weighted by molar-refractivity contribution is 0.0955. The van der Waals surface area contributed by atoms with Gasteiger partial charge in [-0.05, 0) is 66.9 Å². The highest BCUT2D eigenvalue weighted by atomic mass is 35.5. The molecule has 0 heterocycles. The van der Waals surface area contributed by atoms with Crippen LogP contribution in [-0.4, -0.2) is 20.5 Å². The van der Waals surface area contributed by atoms with Crippen molar-refractivity contribution in [3.63, 3.8) is 0 Å². The molecule has 0 aliphatic heterocycles. The Kier molecular flexibility index (Phi) is 8.06. The minimum Gasteiger partial charge on any atom is -0.267 e. The molecule has 188 valence electrons. The first-order valence-electron chi connectivity index (χ1n) is 11.6. The van der Waals surface area contributed by atoms with E-state index in [4.69, 9.17) is 11.6 Å². The molecule has 4 aromatic carbocycles. The van der Waals surface area contributed by atoms with E-state index in [0.29, 0.717) is 21.8 Å². The van der Waals surface area contributed by atoms with Crippen molar-refractivity contribution >= 4 is 39.4 Å². The number of aryl methyl sites for hydroxylation is 2. The predicted octanol–water partition coefficient (Wildman–Crippen LogP) is 6.12. The molecule has 0 spiro atoms. The molecule has 0 radical (unpaired) electrons. The molecule has 0 aliphatic carbocycles. The third-order valence-electron chi connectivity index (χ3n) is 5.74. The number of carbonyl (C=O) groups excluding carboxylic acids is 1. The summed E-state index contributed by atoms with van der Waals surface area (Å²) in [6.45, 7) is 3.88. The van der Waals surface area contributed by atoms with Crippen molar-refractivity contribution in [2.45, 2.75) is 25.3 Å². The van der Waals surface area contributed by atoms with E-state index in [9.17, 15) is 13.2 Å². The molecule has 0 fully saturated rings. The van der Waals surface area contributed by atoms with E-state index in [1.165, 1.54) is 4.31 Å². The van der Waals surface area contributed by atoms with Crippen LogP contribution in [0, 0.1) is 13.8 Å². The molecule has 6 nitrogen and oxygen atoms in total. The van der Waals surface area contributed by atoms with E-state index < -0.39 is 10.0 Å². The van der Waals surface area contributed by atoms with E-state index in [-0.39, 0.29) is 17.3 Å². The van der Waals surface area contributed by atoms with E-state index in [1.54, 1.807) is 79.0 Å². The van der Waals surface area contributed by atoms with E-state index in [2.05, 4.69) is 10.5 Å². The van der Waals surface area contributed by atoms with Crippen LogP contribution in [0.3, 0.4) is 0 Å². The second kappa shape index (κ2) is 11.4. The average molecular weight is 532 g/mol. The van der Waals surface area contributed by atoms with Gasteiger partial charge in [-0.25, -0.2) is 13.8 Å². The molecule has 0 saturated heterocycles. The Bertz CT molecular complexity index is 1540. The standard InChI is InChI=1S/C29H26ClN3O3S/c1-21-7-6-8-24(17-21)19-31-32-29(34)25-14-12-23(13-15-25)20-33(28-18-26(30)16-11-22(28)2)37(35,36)27-9-4-3-5-10-27/h3-19H,20H2,1-2H3,(H,32,34)/b31-19-. The lowest BCUT2D eigenvalue weighted by Crippen LogP contribution is -2.31. The molecule has 8 heteroatoms. The first-order chi connectivity index (χ1) is 17.7. The van der Waals surface area contributed by atoms with Gasteiger partial charge in [0.1, 0.15) is 0 Å². The first kappa shape index (κ1) is 26.1. The summed E-state index contributed by atoms with van der Waals surface area (Å²) in [4.78, 5) is 12.7. The van der Waals surface area contributed by atoms with Crippen LogP contribution >= 0.6 is 11.6 Å². The Balaban J connectivity index is 1.56. The van der Waals surface area contributed by atoms with Crippen molar-refractivity contribution in [1.29, 1.82) is 0 Å². The molecule has 0 bridgehead atoms. The molecular formula is C29H26ClN3O3S. The number of anilines is 1. The highest BCUT2D eigenvalue weighted by molar-refractivity contribution is 7.92. The topological polar surface area (TPSA) is 78.8 Å². The lowest BCUT2D eigenvalue weighted by Gasteiger charge is -2.26. The highest BCUT2D eigenvalue weighted by Crippen LogP contribution is 2.31. The smallest absolute Gasteiger partial charge is 0.267 e. The molecule has 0 aliphatic rings. The Morgan fingerprint density at radius 1 is 0.919 bits per heavy atom. The van der Waals surface area contributed by atoms with Gasteiger partial charge in [-0.3, -0.25) is 9.10 Å². The van der Waals surface area contributed by atoms with Gasteiger partial charge in [0.05, 0.1) is 23.3 Å². The van der Waals surface area contributed by atoms with Crippen LogP contribution in [0.2, 0.25) is 5.02 Å². The maximum atomic E-state index is 13.6. The van der Waals surface area contributed by atoms with Crippen LogP contribution in [-0.2, 0) is 16.6 Å². The van der Waals surface area contributed by atoms with Crippen LogP contribution in [0.4, 0.5) is 5.69 Å². The van der Waals surface area contributed by atoms with Crippen molar-refractivity contribution in [3.05, 3.63) is 130 Å². The highest BCUT2D eigenvalue weighted by Gasteiger charge is 2.26. The Morgan fingerprint density at radius 2 is 1.65 bits per heavy atom. The number of nitrogens with one attached hydrogen (secondary N) is 1. The quantitative estimate of drug-likeness (QED) is 0.220. The maximum Gasteiger partial charge on any atom is 0.271 e. The predicted molar refractivity (Wildman–Crippen MR) is 149 cm³/mol. The van der Waals surface area contributed by atoms with Gasteiger partial charge in [-0.2, -0.15) is 5.10 Å². The normalized spacial score (nSPS) is 11.4. The van der Waals surface area contributed by atoms with Gasteiger partial charge in [-0.1, -0.05) is 77.8 Å². The molecule has 1 amide bonds. The van der Waals surface area contributed by atoms with Gasteiger partial charge in [0.25, 0.3) is 15.9 Å². The molecule has 37 heavy (non-hydrogen) atoms. The maximum absolute atomic E-state index is 13.6. The van der Waals surface area contributed by atoms with Crippen LogP contribution in [0.15, 0.2) is 107 Å². The van der Waals surface area contributed by atoms with E-state index in [1.807, 2.05) is 38.1 Å². The van der Waals surface area contributed by atoms with Gasteiger partial charge in [0.2, 0.25) is 0 Å². The van der Waals surface area contributed by atoms with Gasteiger partial charge in [-0.15, -0.1) is 0 Å². The van der Waals surface area contributed by atoms with Crippen LogP contribution in [0.1, 0.15) is 32.6 Å². The third kappa shape index (κ3) is 6.44. The van der Waals surface area contributed by atoms with E-state index in [0.717, 1.165) is 16.7 Å². The number of hydrazone groups is 1. The average Bonchev–Trinajstić information content (AvgIpc) is 2.89. The lowest BCUT2D eigenvalue weighted by atomic mass is 10.1. The number of sulfonamides is 1. The van der Waals surface area contributed by atoms with Gasteiger partial charge in [0.15, 0.2) is 0 Å². The molecule has 4 rings (SSSR count). The van der Waals surface area contributed by atoms with Crippen molar-refractivity contribution in [2.24, 2.45) is 5.10 Å². The number of benzene rings is 4. The van der Waals surface area contributed by atoms with Gasteiger partial charge < -0.3 is 0 Å². The Labute approximate surface area is 222 Å². The number of hydrogen-bond donors (Lipinski definition) is 1. The summed E-state index contributed by atoms with van der Waals surface area (Å²) in [5, 5.41) is 4.47. The molecule has 1 N–H and O–H groups in total. The summed E-state index contributed by atoms with van der Waals surface area (Å²) in [6.07, 6.45) is 1.58. The van der Waals surface area contributed by atoms with Crippen molar-refractivity contribution in [1.82, 2.24) is 5.43 Å². The summed E-state index contributed by atoms with van der Waals surface area (Å²) in [5.74, 6) is -0.366. The number of amides is 1. The summed E-state index contributed by atoms with van der Waals surface area (Å²) in [5.41, 5.74) is 6.87. The van der Waals surface area contributed by atoms with Gasteiger partial charge in [0, 0.05) is 10.6 Å². The summed E-state index contributed by atoms with van der Waals surface area (Å²) in [6, 6.07) is 27.9. The second-order valence-corrected chi connectivity index (χ2v) is 10.9. The fourth-order valence-electron chi connectivity index (χ4n) is 3.78. The summed E-state index contributed by atoms with van der Waals surface area (Å²) < 4.78 is 28.6. The molecule has 0 atom stereocenters. The van der Waals surface area contributed by atoms with Crippen LogP contribution in [0.5, 0.6) is 0 Å². The molecule has 4 aromatic rings. The molecule has 0 unspecified atom stereocenters. The SMILES string of the molecule is Cc1cccc(/C=N\NC(=O)c2ccc(CN(c3cc(Cl)ccc3C)S(=O)(=O)c3ccccc3)cc2)c1. The fourth-order valence-corrected chi connectivity index (χ4v) is 5.47. The first-order valence-corrected chi connectivity index (χ1v) is 13.4. The zero-order valence-electron chi connectivity index (χ0n) is 20.4. The number of carbonyl (C=O) groups is 1. The van der Waals surface area contributed by atoms with Crippen molar-refractivity contribution in [3.8, 4) is 0 Å². The van der Waals surface area contributed by atoms with Crippen molar-refractivity contribution < 1.29 is 13.2 Å². The van der Waals surface area contributed by atoms with Crippen molar-refractivity contribution in [2.75, 3.05) is 4.31 Å². The number of hydrogen-bond acceptors (Lipinski definition) is 4. The van der Waals surface area contributed by atoms with Crippen LogP contribution in [0.25, 0.3) is 0 Å². The number of nitrogens with zero attached hydrogens (tertiary/aromatic N) is 2. The number of rotatable bonds is 8. The minimum atomic E-state index is -3.88. The molecule has 0 saturated carbocycles. The monoisotopic (exact) mass is 531 g/mol.